The molecule has 0 aliphatic carbocycles. The highest BCUT2D eigenvalue weighted by Gasteiger charge is 2.33. The van der Waals surface area contributed by atoms with Crippen LogP contribution >= 0.6 is 0 Å². The Bertz CT molecular complexity index is 1330. The largest absolute Gasteiger partial charge is 0.342 e. The summed E-state index contributed by atoms with van der Waals surface area (Å²) in [4.78, 5) is 31.3. The number of rotatable bonds is 5. The summed E-state index contributed by atoms with van der Waals surface area (Å²) in [5, 5.41) is 5.74. The highest BCUT2D eigenvalue weighted by Crippen LogP contribution is 2.31. The van der Waals surface area contributed by atoms with E-state index in [-0.39, 0.29) is 29.4 Å². The Morgan fingerprint density at radius 3 is 2.42 bits per heavy atom. The minimum absolute atomic E-state index is 0.110. The molecule has 5 rings (SSSR count). The lowest BCUT2D eigenvalue weighted by Crippen LogP contribution is -2.43. The molecule has 3 amide bonds. The van der Waals surface area contributed by atoms with Gasteiger partial charge in [-0.3, -0.25) is 4.79 Å². The van der Waals surface area contributed by atoms with Gasteiger partial charge in [0.25, 0.3) is 0 Å². The van der Waals surface area contributed by atoms with Crippen LogP contribution in [0, 0.1) is 5.92 Å². The molecule has 0 unspecified atom stereocenters. The number of amides is 3. The van der Waals surface area contributed by atoms with Crippen LogP contribution in [0.2, 0.25) is 0 Å². The summed E-state index contributed by atoms with van der Waals surface area (Å²) in [5.41, 5.74) is 3.73. The standard InChI is InChI=1S/C26H31N5O4S/c32-25(22-8-15-36(34,35)16-9-22)31-12-6-21(7-13-31)20-1-3-23(4-2-20)29-26(33)28-18-19-5-11-30-14-10-27-24(30)17-19/h1-5,10-11,14,17,21-22H,6-9,12-13,15-16,18H2,(H2,28,29,33). The monoisotopic (exact) mass is 509 g/mol. The number of fused-ring (bicyclic) bond motifs is 1. The number of anilines is 1. The maximum atomic E-state index is 12.8. The van der Waals surface area contributed by atoms with Gasteiger partial charge in [-0.2, -0.15) is 0 Å². The van der Waals surface area contributed by atoms with E-state index < -0.39 is 9.84 Å². The molecule has 3 aromatic rings. The highest BCUT2D eigenvalue weighted by molar-refractivity contribution is 7.91. The van der Waals surface area contributed by atoms with Crippen molar-refractivity contribution in [2.75, 3.05) is 29.9 Å². The van der Waals surface area contributed by atoms with E-state index in [9.17, 15) is 18.0 Å². The zero-order valence-electron chi connectivity index (χ0n) is 20.1. The van der Waals surface area contributed by atoms with Crippen molar-refractivity contribution in [3.05, 3.63) is 66.1 Å². The van der Waals surface area contributed by atoms with Crippen molar-refractivity contribution in [2.24, 2.45) is 5.92 Å². The molecule has 36 heavy (non-hydrogen) atoms. The van der Waals surface area contributed by atoms with E-state index in [1.54, 1.807) is 6.20 Å². The maximum absolute atomic E-state index is 12.8. The van der Waals surface area contributed by atoms with Crippen molar-refractivity contribution in [1.29, 1.82) is 0 Å². The SMILES string of the molecule is O=C(NCc1ccn2ccnc2c1)Nc1ccc(C2CCN(C(=O)C3CCS(=O)(=O)CC3)CC2)cc1. The van der Waals surface area contributed by atoms with E-state index in [0.29, 0.717) is 38.4 Å². The van der Waals surface area contributed by atoms with E-state index >= 15 is 0 Å². The van der Waals surface area contributed by atoms with E-state index in [0.717, 1.165) is 29.7 Å². The fraction of sp³-hybridized carbons (Fsp3) is 0.423. The molecule has 0 spiro atoms. The molecule has 2 aliphatic heterocycles. The molecule has 2 saturated heterocycles. The predicted molar refractivity (Wildman–Crippen MR) is 137 cm³/mol. The fourth-order valence-electron chi connectivity index (χ4n) is 5.09. The van der Waals surface area contributed by atoms with Crippen LogP contribution < -0.4 is 10.6 Å². The summed E-state index contributed by atoms with van der Waals surface area (Å²) in [6.45, 7) is 1.79. The lowest BCUT2D eigenvalue weighted by molar-refractivity contribution is -0.136. The Balaban J connectivity index is 1.08. The Kier molecular flexibility index (Phi) is 6.95. The minimum atomic E-state index is -2.96. The van der Waals surface area contributed by atoms with Crippen LogP contribution in [0.3, 0.4) is 0 Å². The van der Waals surface area contributed by atoms with Gasteiger partial charge in [-0.05, 0) is 67.0 Å². The lowest BCUT2D eigenvalue weighted by atomic mass is 9.88. The summed E-state index contributed by atoms with van der Waals surface area (Å²) in [7, 11) is -2.96. The normalized spacial score (nSPS) is 18.7. The van der Waals surface area contributed by atoms with Crippen molar-refractivity contribution < 1.29 is 18.0 Å². The first-order valence-corrected chi connectivity index (χ1v) is 14.2. The number of carbonyl (C=O) groups is 2. The Morgan fingerprint density at radius 2 is 1.69 bits per heavy atom. The number of hydrogen-bond acceptors (Lipinski definition) is 5. The molecular weight excluding hydrogens is 478 g/mol. The maximum Gasteiger partial charge on any atom is 0.319 e. The van der Waals surface area contributed by atoms with Gasteiger partial charge in [-0.15, -0.1) is 0 Å². The molecule has 2 aromatic heterocycles. The third kappa shape index (κ3) is 5.70. The van der Waals surface area contributed by atoms with Gasteiger partial charge in [0.1, 0.15) is 15.5 Å². The zero-order valence-corrected chi connectivity index (χ0v) is 20.9. The highest BCUT2D eigenvalue weighted by atomic mass is 32.2. The van der Waals surface area contributed by atoms with Gasteiger partial charge < -0.3 is 19.9 Å². The van der Waals surface area contributed by atoms with Gasteiger partial charge in [0.05, 0.1) is 11.5 Å². The average Bonchev–Trinajstić information content (AvgIpc) is 3.36. The fourth-order valence-corrected chi connectivity index (χ4v) is 6.58. The average molecular weight is 510 g/mol. The molecule has 2 fully saturated rings. The summed E-state index contributed by atoms with van der Waals surface area (Å²) in [6.07, 6.45) is 8.18. The van der Waals surface area contributed by atoms with E-state index in [2.05, 4.69) is 15.6 Å². The number of likely N-dealkylation sites (tertiary alicyclic amines) is 1. The second-order valence-electron chi connectivity index (χ2n) is 9.68. The number of aromatic nitrogens is 2. The quantitative estimate of drug-likeness (QED) is 0.549. The Labute approximate surface area is 210 Å². The molecule has 1 aromatic carbocycles. The summed E-state index contributed by atoms with van der Waals surface area (Å²) >= 11 is 0. The molecule has 4 heterocycles. The van der Waals surface area contributed by atoms with E-state index in [1.165, 1.54) is 5.56 Å². The van der Waals surface area contributed by atoms with Crippen molar-refractivity contribution in [1.82, 2.24) is 19.6 Å². The number of piperidine rings is 1. The number of pyridine rings is 1. The number of nitrogens with one attached hydrogen (secondary N) is 2. The topological polar surface area (TPSA) is 113 Å². The molecule has 0 bridgehead atoms. The van der Waals surface area contributed by atoms with Crippen LogP contribution in [-0.2, 0) is 21.2 Å². The molecule has 190 valence electrons. The number of urea groups is 1. The second-order valence-corrected chi connectivity index (χ2v) is 12.0. The molecule has 0 radical (unpaired) electrons. The van der Waals surface area contributed by atoms with Crippen molar-refractivity contribution in [3.8, 4) is 0 Å². The van der Waals surface area contributed by atoms with Gasteiger partial charge in [0.15, 0.2) is 0 Å². The Hall–Kier alpha value is -3.40. The molecule has 9 nitrogen and oxygen atoms in total. The van der Waals surface area contributed by atoms with Crippen molar-refractivity contribution in [3.63, 3.8) is 0 Å². The van der Waals surface area contributed by atoms with E-state index in [4.69, 9.17) is 0 Å². The third-order valence-electron chi connectivity index (χ3n) is 7.27. The smallest absolute Gasteiger partial charge is 0.319 e. The molecule has 2 aliphatic rings. The first-order valence-electron chi connectivity index (χ1n) is 12.4. The number of nitrogens with zero attached hydrogens (tertiary/aromatic N) is 3. The van der Waals surface area contributed by atoms with Gasteiger partial charge in [0.2, 0.25) is 5.91 Å². The summed E-state index contributed by atoms with van der Waals surface area (Å²) < 4.78 is 25.2. The van der Waals surface area contributed by atoms with E-state index in [1.807, 2.05) is 58.1 Å². The second kappa shape index (κ2) is 10.3. The van der Waals surface area contributed by atoms with Crippen LogP contribution in [0.15, 0.2) is 55.0 Å². The first-order chi connectivity index (χ1) is 17.4. The van der Waals surface area contributed by atoms with Gasteiger partial charge >= 0.3 is 6.03 Å². The molecule has 0 atom stereocenters. The van der Waals surface area contributed by atoms with Crippen molar-refractivity contribution >= 4 is 33.1 Å². The molecular formula is C26H31N5O4S. The zero-order chi connectivity index (χ0) is 25.1. The lowest BCUT2D eigenvalue weighted by Gasteiger charge is -2.35. The number of carbonyl (C=O) groups excluding carboxylic acids is 2. The minimum Gasteiger partial charge on any atom is -0.342 e. The van der Waals surface area contributed by atoms with Crippen molar-refractivity contribution in [2.45, 2.75) is 38.1 Å². The number of imidazole rings is 1. The van der Waals surface area contributed by atoms with Crippen LogP contribution in [0.25, 0.3) is 5.65 Å². The van der Waals surface area contributed by atoms with Gasteiger partial charge in [-0.1, -0.05) is 12.1 Å². The Morgan fingerprint density at radius 1 is 0.972 bits per heavy atom. The predicted octanol–water partition coefficient (Wildman–Crippen LogP) is 3.19. The summed E-state index contributed by atoms with van der Waals surface area (Å²) in [5.74, 6) is 0.564. The number of benzene rings is 1. The van der Waals surface area contributed by atoms with Crippen LogP contribution in [-0.4, -0.2) is 59.2 Å². The van der Waals surface area contributed by atoms with Crippen LogP contribution in [0.4, 0.5) is 10.5 Å². The first kappa shape index (κ1) is 24.3. The molecule has 0 saturated carbocycles. The molecule has 2 N–H and O–H groups in total. The van der Waals surface area contributed by atoms with Gasteiger partial charge in [-0.25, -0.2) is 18.2 Å². The van der Waals surface area contributed by atoms with Crippen LogP contribution in [0.5, 0.6) is 0 Å². The number of hydrogen-bond donors (Lipinski definition) is 2. The van der Waals surface area contributed by atoms with Gasteiger partial charge in [0, 0.05) is 49.8 Å². The van der Waals surface area contributed by atoms with Crippen LogP contribution in [0.1, 0.15) is 42.7 Å². The molecule has 10 heteroatoms. The summed E-state index contributed by atoms with van der Waals surface area (Å²) in [6, 6.07) is 11.5. The number of sulfone groups is 1. The third-order valence-corrected chi connectivity index (χ3v) is 8.98.